The second kappa shape index (κ2) is 9.56. The fourth-order valence-corrected chi connectivity index (χ4v) is 2.42. The van der Waals surface area contributed by atoms with Gasteiger partial charge in [0.1, 0.15) is 5.82 Å². The quantitative estimate of drug-likeness (QED) is 0.764. The lowest BCUT2D eigenvalue weighted by atomic mass is 10.1. The van der Waals surface area contributed by atoms with Crippen molar-refractivity contribution in [3.8, 4) is 0 Å². The fraction of sp³-hybridized carbons (Fsp3) is 0.300. The van der Waals surface area contributed by atoms with Crippen LogP contribution in [0.3, 0.4) is 0 Å². The maximum atomic E-state index is 12.8. The molecule has 26 heavy (non-hydrogen) atoms. The summed E-state index contributed by atoms with van der Waals surface area (Å²) in [5.41, 5.74) is 2.71. The van der Waals surface area contributed by atoms with Gasteiger partial charge < -0.3 is 15.5 Å². The molecule has 0 aliphatic rings. The first kappa shape index (κ1) is 19.4. The summed E-state index contributed by atoms with van der Waals surface area (Å²) in [6, 6.07) is 13.7. The summed E-state index contributed by atoms with van der Waals surface area (Å²) in [5.74, 6) is -0.714. The molecule has 0 atom stereocenters. The molecule has 2 N–H and O–H groups in total. The number of carbonyl (C=O) groups is 2. The molecular formula is C20H24FN3O2. The molecule has 2 aromatic rings. The van der Waals surface area contributed by atoms with Crippen molar-refractivity contribution >= 4 is 23.2 Å². The third kappa shape index (κ3) is 6.55. The normalized spacial score (nSPS) is 10.3. The van der Waals surface area contributed by atoms with E-state index in [-0.39, 0.29) is 24.2 Å². The molecule has 0 fully saturated rings. The largest absolute Gasteiger partial charge is 0.378 e. The predicted molar refractivity (Wildman–Crippen MR) is 102 cm³/mol. The van der Waals surface area contributed by atoms with E-state index >= 15 is 0 Å². The zero-order valence-corrected chi connectivity index (χ0v) is 15.1. The minimum atomic E-state index is -0.270. The van der Waals surface area contributed by atoms with Crippen LogP contribution in [0.15, 0.2) is 48.5 Å². The molecule has 0 aromatic heterocycles. The van der Waals surface area contributed by atoms with E-state index in [9.17, 15) is 14.0 Å². The zero-order chi connectivity index (χ0) is 18.9. The minimum absolute atomic E-state index is 0.0647. The average molecular weight is 357 g/mol. The van der Waals surface area contributed by atoms with Crippen LogP contribution >= 0.6 is 0 Å². The van der Waals surface area contributed by atoms with Gasteiger partial charge in [-0.2, -0.15) is 0 Å². The van der Waals surface area contributed by atoms with Crippen molar-refractivity contribution < 1.29 is 14.0 Å². The Morgan fingerprint density at radius 2 is 1.62 bits per heavy atom. The van der Waals surface area contributed by atoms with Crippen molar-refractivity contribution in [3.63, 3.8) is 0 Å². The molecule has 5 nitrogen and oxygen atoms in total. The van der Waals surface area contributed by atoms with Gasteiger partial charge in [0.25, 0.3) is 0 Å². The third-order valence-electron chi connectivity index (χ3n) is 3.90. The maximum Gasteiger partial charge on any atom is 0.243 e. The molecule has 0 unspecified atom stereocenters. The van der Waals surface area contributed by atoms with E-state index in [4.69, 9.17) is 0 Å². The highest BCUT2D eigenvalue weighted by molar-refractivity contribution is 5.94. The first-order valence-electron chi connectivity index (χ1n) is 8.52. The van der Waals surface area contributed by atoms with Crippen LogP contribution in [0.2, 0.25) is 0 Å². The molecule has 2 rings (SSSR count). The fourth-order valence-electron chi connectivity index (χ4n) is 2.42. The highest BCUT2D eigenvalue weighted by Gasteiger charge is 2.06. The van der Waals surface area contributed by atoms with Crippen LogP contribution in [0.1, 0.15) is 18.4 Å². The van der Waals surface area contributed by atoms with Gasteiger partial charge in [-0.15, -0.1) is 0 Å². The molecular weight excluding hydrogens is 333 g/mol. The second-order valence-corrected chi connectivity index (χ2v) is 6.25. The Kier molecular flexibility index (Phi) is 7.14. The Bertz CT molecular complexity index is 728. The number of hydrogen-bond acceptors (Lipinski definition) is 3. The monoisotopic (exact) mass is 357 g/mol. The van der Waals surface area contributed by atoms with Gasteiger partial charge in [-0.05, 0) is 54.8 Å². The molecule has 0 aliphatic heterocycles. The molecule has 138 valence electrons. The highest BCUT2D eigenvalue weighted by Crippen LogP contribution is 2.15. The summed E-state index contributed by atoms with van der Waals surface area (Å²) in [7, 11) is 3.89. The summed E-state index contributed by atoms with van der Waals surface area (Å²) in [4.78, 5) is 25.7. The number of anilines is 2. The van der Waals surface area contributed by atoms with Crippen LogP contribution in [0.4, 0.5) is 15.8 Å². The Balaban J connectivity index is 1.66. The Morgan fingerprint density at radius 3 is 2.23 bits per heavy atom. The zero-order valence-electron chi connectivity index (χ0n) is 15.1. The van der Waals surface area contributed by atoms with E-state index in [1.54, 1.807) is 12.1 Å². The molecule has 0 radical (unpaired) electrons. The summed E-state index contributed by atoms with van der Waals surface area (Å²) in [6.07, 6.45) is 1.66. The van der Waals surface area contributed by atoms with E-state index in [1.165, 1.54) is 12.1 Å². The van der Waals surface area contributed by atoms with Gasteiger partial charge in [0, 0.05) is 31.9 Å². The van der Waals surface area contributed by atoms with E-state index in [0.29, 0.717) is 24.9 Å². The molecule has 0 aliphatic carbocycles. The van der Waals surface area contributed by atoms with Crippen molar-refractivity contribution in [1.29, 1.82) is 0 Å². The summed E-state index contributed by atoms with van der Waals surface area (Å²) >= 11 is 0. The average Bonchev–Trinajstić information content (AvgIpc) is 2.62. The Hall–Kier alpha value is -2.89. The van der Waals surface area contributed by atoms with Crippen LogP contribution in [0, 0.1) is 5.82 Å². The number of carbonyl (C=O) groups excluding carboxylic acids is 2. The summed E-state index contributed by atoms with van der Waals surface area (Å²) in [6.45, 7) is -0.0647. The van der Waals surface area contributed by atoms with Gasteiger partial charge in [-0.3, -0.25) is 9.59 Å². The number of nitrogens with one attached hydrogen (secondary N) is 2. The number of aryl methyl sites for hydroxylation is 1. The number of rotatable bonds is 8. The first-order chi connectivity index (χ1) is 12.4. The molecule has 0 saturated carbocycles. The van der Waals surface area contributed by atoms with E-state index in [2.05, 4.69) is 10.6 Å². The van der Waals surface area contributed by atoms with Gasteiger partial charge >= 0.3 is 0 Å². The van der Waals surface area contributed by atoms with Crippen LogP contribution in [0.25, 0.3) is 0 Å². The third-order valence-corrected chi connectivity index (χ3v) is 3.90. The highest BCUT2D eigenvalue weighted by atomic mass is 19.1. The van der Waals surface area contributed by atoms with Crippen LogP contribution in [-0.2, 0) is 16.0 Å². The lowest BCUT2D eigenvalue weighted by Crippen LogP contribution is -2.32. The van der Waals surface area contributed by atoms with Gasteiger partial charge in [-0.25, -0.2) is 4.39 Å². The second-order valence-electron chi connectivity index (χ2n) is 6.25. The smallest absolute Gasteiger partial charge is 0.243 e. The predicted octanol–water partition coefficient (Wildman–Crippen LogP) is 2.97. The SMILES string of the molecule is CN(C)c1ccc(NC(=O)CNC(=O)CCCc2ccc(F)cc2)cc1. The lowest BCUT2D eigenvalue weighted by Gasteiger charge is -2.13. The van der Waals surface area contributed by atoms with Crippen LogP contribution in [0.5, 0.6) is 0 Å². The maximum absolute atomic E-state index is 12.8. The van der Waals surface area contributed by atoms with Crippen LogP contribution < -0.4 is 15.5 Å². The molecule has 0 saturated heterocycles. The summed E-state index contributed by atoms with van der Waals surface area (Å²) in [5, 5.41) is 5.35. The first-order valence-corrected chi connectivity index (χ1v) is 8.52. The van der Waals surface area contributed by atoms with E-state index in [1.807, 2.05) is 43.3 Å². The van der Waals surface area contributed by atoms with Crippen molar-refractivity contribution in [2.75, 3.05) is 30.9 Å². The topological polar surface area (TPSA) is 61.4 Å². The van der Waals surface area contributed by atoms with Crippen molar-refractivity contribution in [1.82, 2.24) is 5.32 Å². The van der Waals surface area contributed by atoms with Crippen molar-refractivity contribution in [2.45, 2.75) is 19.3 Å². The molecule has 0 bridgehead atoms. The van der Waals surface area contributed by atoms with Crippen molar-refractivity contribution in [2.24, 2.45) is 0 Å². The van der Waals surface area contributed by atoms with Gasteiger partial charge in [0.15, 0.2) is 0 Å². The minimum Gasteiger partial charge on any atom is -0.378 e. The molecule has 0 heterocycles. The molecule has 6 heteroatoms. The van der Waals surface area contributed by atoms with E-state index < -0.39 is 0 Å². The number of hydrogen-bond donors (Lipinski definition) is 2. The Labute approximate surface area is 153 Å². The number of amides is 2. The van der Waals surface area contributed by atoms with Gasteiger partial charge in [0.05, 0.1) is 6.54 Å². The number of benzene rings is 2. The lowest BCUT2D eigenvalue weighted by molar-refractivity contribution is -0.124. The molecule has 2 aromatic carbocycles. The van der Waals surface area contributed by atoms with Crippen LogP contribution in [-0.4, -0.2) is 32.5 Å². The number of halogens is 1. The molecule has 0 spiro atoms. The standard InChI is InChI=1S/C20H24FN3O2/c1-24(2)18-12-10-17(11-13-18)23-20(26)14-22-19(25)5-3-4-15-6-8-16(21)9-7-15/h6-13H,3-5,14H2,1-2H3,(H,22,25)(H,23,26). The van der Waals surface area contributed by atoms with E-state index in [0.717, 1.165) is 11.3 Å². The van der Waals surface area contributed by atoms with Crippen molar-refractivity contribution in [3.05, 3.63) is 59.9 Å². The summed E-state index contributed by atoms with van der Waals surface area (Å²) < 4.78 is 12.8. The number of nitrogens with zero attached hydrogens (tertiary/aromatic N) is 1. The van der Waals surface area contributed by atoms with Gasteiger partial charge in [0.2, 0.25) is 11.8 Å². The Morgan fingerprint density at radius 1 is 0.962 bits per heavy atom. The van der Waals surface area contributed by atoms with Gasteiger partial charge in [-0.1, -0.05) is 12.1 Å². The molecule has 2 amide bonds.